The standard InChI is InChI=1S/C51H44N2O6/c1-37(54)58-45(33-47(39-21-9-3-10-22-39)40-23-11-4-12-24-40)35-51(49(56)52(43-29-17-7-18-30-43)53(50(51)57)44-31-19-8-20-32-44)36-46(59-38(2)55)34-48(41-25-13-5-14-26-41)42-27-15-6-16-28-42/h3-34,45-46H,35-36H2,1-2H3. The number of hydrazine groups is 1. The summed E-state index contributed by atoms with van der Waals surface area (Å²) >= 11 is 0. The Hall–Kier alpha value is -7.32. The van der Waals surface area contributed by atoms with Crippen LogP contribution in [-0.2, 0) is 28.7 Å². The van der Waals surface area contributed by atoms with E-state index in [2.05, 4.69) is 0 Å². The molecule has 59 heavy (non-hydrogen) atoms. The highest BCUT2D eigenvalue weighted by molar-refractivity contribution is 6.26. The zero-order valence-corrected chi connectivity index (χ0v) is 32.9. The number of rotatable bonds is 14. The topological polar surface area (TPSA) is 93.2 Å². The third-order valence-corrected chi connectivity index (χ3v) is 10.2. The van der Waals surface area contributed by atoms with Gasteiger partial charge in [-0.05, 0) is 69.8 Å². The van der Waals surface area contributed by atoms with E-state index in [0.29, 0.717) is 11.4 Å². The molecule has 1 heterocycles. The summed E-state index contributed by atoms with van der Waals surface area (Å²) in [6.45, 7) is 2.61. The molecule has 1 fully saturated rings. The number of ether oxygens (including phenoxy) is 2. The van der Waals surface area contributed by atoms with E-state index in [9.17, 15) is 9.59 Å². The van der Waals surface area contributed by atoms with Gasteiger partial charge in [0.2, 0.25) is 0 Å². The van der Waals surface area contributed by atoms with Gasteiger partial charge in [-0.1, -0.05) is 158 Å². The van der Waals surface area contributed by atoms with Gasteiger partial charge >= 0.3 is 11.9 Å². The minimum Gasteiger partial charge on any atom is -0.458 e. The zero-order chi connectivity index (χ0) is 41.2. The van der Waals surface area contributed by atoms with E-state index in [0.717, 1.165) is 33.4 Å². The molecule has 0 aliphatic carbocycles. The van der Waals surface area contributed by atoms with Crippen molar-refractivity contribution in [3.8, 4) is 0 Å². The van der Waals surface area contributed by atoms with Gasteiger partial charge in [-0.15, -0.1) is 0 Å². The third kappa shape index (κ3) is 9.13. The second-order valence-corrected chi connectivity index (χ2v) is 14.3. The summed E-state index contributed by atoms with van der Waals surface area (Å²) in [6.07, 6.45) is 0.906. The van der Waals surface area contributed by atoms with Gasteiger partial charge in [-0.3, -0.25) is 19.2 Å². The Morgan fingerprint density at radius 3 is 0.966 bits per heavy atom. The Bertz CT molecular complexity index is 2180. The number of hydrogen-bond donors (Lipinski definition) is 0. The fourth-order valence-corrected chi connectivity index (χ4v) is 7.66. The molecule has 7 rings (SSSR count). The monoisotopic (exact) mass is 780 g/mol. The highest BCUT2D eigenvalue weighted by Gasteiger charge is 2.61. The molecule has 2 atom stereocenters. The van der Waals surface area contributed by atoms with Crippen LogP contribution in [0.15, 0.2) is 194 Å². The number of esters is 2. The molecule has 0 saturated carbocycles. The highest BCUT2D eigenvalue weighted by Crippen LogP contribution is 2.46. The molecule has 0 spiro atoms. The quantitative estimate of drug-likeness (QED) is 0.0808. The molecule has 0 aromatic heterocycles. The molecule has 0 radical (unpaired) electrons. The molecule has 1 aliphatic heterocycles. The van der Waals surface area contributed by atoms with Crippen molar-refractivity contribution in [3.63, 3.8) is 0 Å². The van der Waals surface area contributed by atoms with Gasteiger partial charge in [-0.2, -0.15) is 0 Å². The van der Waals surface area contributed by atoms with Crippen molar-refractivity contribution in [1.29, 1.82) is 0 Å². The molecule has 2 amide bonds. The average molecular weight is 781 g/mol. The Kier molecular flexibility index (Phi) is 12.4. The lowest BCUT2D eigenvalue weighted by Crippen LogP contribution is -2.43. The van der Waals surface area contributed by atoms with Crippen molar-refractivity contribution in [2.45, 2.75) is 38.9 Å². The van der Waals surface area contributed by atoms with Gasteiger partial charge in [0.25, 0.3) is 11.8 Å². The van der Waals surface area contributed by atoms with Crippen LogP contribution in [0.3, 0.4) is 0 Å². The van der Waals surface area contributed by atoms with Crippen LogP contribution in [0.4, 0.5) is 11.4 Å². The van der Waals surface area contributed by atoms with Crippen LogP contribution in [0, 0.1) is 5.41 Å². The summed E-state index contributed by atoms with van der Waals surface area (Å²) in [5, 5.41) is 2.76. The second-order valence-electron chi connectivity index (χ2n) is 14.3. The van der Waals surface area contributed by atoms with E-state index in [-0.39, 0.29) is 12.8 Å². The molecule has 8 nitrogen and oxygen atoms in total. The molecular formula is C51H44N2O6. The molecule has 8 heteroatoms. The Morgan fingerprint density at radius 1 is 0.458 bits per heavy atom. The Morgan fingerprint density at radius 2 is 0.712 bits per heavy atom. The molecule has 6 aromatic carbocycles. The SMILES string of the molecule is CC(=O)OC(C=C(c1ccccc1)c1ccccc1)CC1(CC(C=C(c2ccccc2)c2ccccc2)OC(C)=O)C(=O)N(c2ccccc2)N(c2ccccc2)C1=O. The third-order valence-electron chi connectivity index (χ3n) is 10.2. The first kappa shape index (κ1) is 39.9. The molecular weight excluding hydrogens is 737 g/mol. The average Bonchev–Trinajstić information content (AvgIpc) is 3.47. The minimum absolute atomic E-state index is 0.266. The van der Waals surface area contributed by atoms with E-state index in [1.807, 2.05) is 146 Å². The van der Waals surface area contributed by atoms with Crippen LogP contribution >= 0.6 is 0 Å². The van der Waals surface area contributed by atoms with E-state index in [1.165, 1.54) is 23.9 Å². The van der Waals surface area contributed by atoms with Crippen LogP contribution in [0.2, 0.25) is 0 Å². The van der Waals surface area contributed by atoms with Crippen molar-refractivity contribution in [2.75, 3.05) is 10.0 Å². The Balaban J connectivity index is 1.45. The molecule has 2 unspecified atom stereocenters. The molecule has 1 aliphatic rings. The molecule has 6 aromatic rings. The van der Waals surface area contributed by atoms with Gasteiger partial charge in [0.15, 0.2) is 0 Å². The summed E-state index contributed by atoms with van der Waals surface area (Å²) in [7, 11) is 0. The molecule has 0 bridgehead atoms. The first-order valence-corrected chi connectivity index (χ1v) is 19.5. The zero-order valence-electron chi connectivity index (χ0n) is 32.9. The van der Waals surface area contributed by atoms with Gasteiger partial charge in [0.05, 0.1) is 11.4 Å². The summed E-state index contributed by atoms with van der Waals surface area (Å²) in [4.78, 5) is 57.4. The number of carbonyl (C=O) groups is 4. The van der Waals surface area contributed by atoms with Crippen molar-refractivity contribution in [3.05, 3.63) is 216 Å². The van der Waals surface area contributed by atoms with Crippen molar-refractivity contribution < 1.29 is 28.7 Å². The van der Waals surface area contributed by atoms with Gasteiger partial charge < -0.3 is 9.47 Å². The predicted octanol–water partition coefficient (Wildman–Crippen LogP) is 9.88. The predicted molar refractivity (Wildman–Crippen MR) is 231 cm³/mol. The first-order valence-electron chi connectivity index (χ1n) is 19.5. The van der Waals surface area contributed by atoms with E-state index in [4.69, 9.17) is 9.47 Å². The maximum absolute atomic E-state index is 15.7. The number of carbonyl (C=O) groups excluding carboxylic acids is 4. The summed E-state index contributed by atoms with van der Waals surface area (Å²) in [5.41, 5.74) is 3.87. The van der Waals surface area contributed by atoms with Crippen LogP contribution in [-0.4, -0.2) is 36.0 Å². The fraction of sp³-hybridized carbons (Fsp3) is 0.137. The summed E-state index contributed by atoms with van der Waals surface area (Å²) < 4.78 is 12.2. The van der Waals surface area contributed by atoms with Crippen LogP contribution in [0.5, 0.6) is 0 Å². The highest BCUT2D eigenvalue weighted by atomic mass is 16.5. The molecule has 0 N–H and O–H groups in total. The number of hydrogen-bond acceptors (Lipinski definition) is 6. The van der Waals surface area contributed by atoms with Crippen molar-refractivity contribution in [2.24, 2.45) is 5.41 Å². The summed E-state index contributed by atoms with van der Waals surface area (Å²) in [6, 6.07) is 56.5. The lowest BCUT2D eigenvalue weighted by Gasteiger charge is -2.31. The number of benzene rings is 6. The number of nitrogens with zero attached hydrogens (tertiary/aromatic N) is 2. The maximum Gasteiger partial charge on any atom is 0.303 e. The first-order chi connectivity index (χ1) is 28.7. The maximum atomic E-state index is 15.7. The van der Waals surface area contributed by atoms with E-state index >= 15 is 9.59 Å². The van der Waals surface area contributed by atoms with E-state index < -0.39 is 41.4 Å². The lowest BCUT2D eigenvalue weighted by molar-refractivity contribution is -0.153. The lowest BCUT2D eigenvalue weighted by atomic mass is 9.75. The Labute approximate surface area is 344 Å². The number of anilines is 2. The normalized spacial score (nSPS) is 14.2. The molecule has 294 valence electrons. The fourth-order valence-electron chi connectivity index (χ4n) is 7.66. The van der Waals surface area contributed by atoms with Crippen molar-refractivity contribution in [1.82, 2.24) is 0 Å². The second kappa shape index (κ2) is 18.3. The largest absolute Gasteiger partial charge is 0.458 e. The number of para-hydroxylation sites is 2. The number of amides is 2. The minimum atomic E-state index is -1.93. The summed E-state index contributed by atoms with van der Waals surface area (Å²) in [5.74, 6) is -2.30. The van der Waals surface area contributed by atoms with E-state index in [1.54, 1.807) is 48.5 Å². The molecule has 1 saturated heterocycles. The van der Waals surface area contributed by atoms with Crippen LogP contribution in [0.1, 0.15) is 48.9 Å². The van der Waals surface area contributed by atoms with Crippen LogP contribution in [0.25, 0.3) is 11.1 Å². The van der Waals surface area contributed by atoms with Gasteiger partial charge in [0.1, 0.15) is 17.6 Å². The van der Waals surface area contributed by atoms with Crippen molar-refractivity contribution >= 4 is 46.3 Å². The van der Waals surface area contributed by atoms with Gasteiger partial charge in [-0.25, -0.2) is 10.0 Å². The smallest absolute Gasteiger partial charge is 0.303 e. The van der Waals surface area contributed by atoms with Gasteiger partial charge in [0, 0.05) is 26.7 Å². The van der Waals surface area contributed by atoms with Crippen LogP contribution < -0.4 is 10.0 Å².